The van der Waals surface area contributed by atoms with Crippen LogP contribution < -0.4 is 0 Å². The van der Waals surface area contributed by atoms with Gasteiger partial charge in [0.25, 0.3) is 0 Å². The van der Waals surface area contributed by atoms with Gasteiger partial charge < -0.3 is 9.47 Å². The second-order valence-corrected chi connectivity index (χ2v) is 4.70. The van der Waals surface area contributed by atoms with Gasteiger partial charge in [-0.25, -0.2) is 4.79 Å². The van der Waals surface area contributed by atoms with Crippen molar-refractivity contribution in [2.24, 2.45) is 0 Å². The number of rotatable bonds is 7. The maximum absolute atomic E-state index is 11.7. The molecule has 1 rings (SSSR count). The van der Waals surface area contributed by atoms with Crippen molar-refractivity contribution in [1.29, 1.82) is 0 Å². The third-order valence-electron chi connectivity index (χ3n) is 2.77. The molecule has 0 aliphatic heterocycles. The second-order valence-electron chi connectivity index (χ2n) is 4.14. The molecule has 4 nitrogen and oxygen atoms in total. The van der Waals surface area contributed by atoms with Crippen LogP contribution in [0.3, 0.4) is 0 Å². The van der Waals surface area contributed by atoms with E-state index in [9.17, 15) is 9.59 Å². The third kappa shape index (κ3) is 4.96. The Bertz CT molecular complexity index is 471. The SMILES string of the molecule is CCOC(=O)CCc1ccc(C(=O)OCC)cc1CBr. The highest BCUT2D eigenvalue weighted by atomic mass is 79.9. The molecule has 1 aromatic carbocycles. The maximum Gasteiger partial charge on any atom is 0.338 e. The lowest BCUT2D eigenvalue weighted by Crippen LogP contribution is -2.08. The van der Waals surface area contributed by atoms with E-state index in [2.05, 4.69) is 15.9 Å². The minimum absolute atomic E-state index is 0.206. The van der Waals surface area contributed by atoms with Crippen LogP contribution in [0.1, 0.15) is 41.8 Å². The first-order valence-corrected chi connectivity index (χ1v) is 7.75. The highest BCUT2D eigenvalue weighted by Gasteiger charge is 2.11. The summed E-state index contributed by atoms with van der Waals surface area (Å²) in [5.74, 6) is -0.533. The van der Waals surface area contributed by atoms with Crippen molar-refractivity contribution in [3.05, 3.63) is 34.9 Å². The summed E-state index contributed by atoms with van der Waals surface area (Å²) in [4.78, 5) is 23.0. The number of ether oxygens (including phenoxy) is 2. The summed E-state index contributed by atoms with van der Waals surface area (Å²) < 4.78 is 9.88. The molecule has 0 aliphatic carbocycles. The quantitative estimate of drug-likeness (QED) is 0.563. The van der Waals surface area contributed by atoms with Crippen molar-refractivity contribution in [3.8, 4) is 0 Å². The zero-order valence-corrected chi connectivity index (χ0v) is 13.4. The molecule has 0 unspecified atom stereocenters. The van der Waals surface area contributed by atoms with E-state index < -0.39 is 0 Å². The van der Waals surface area contributed by atoms with E-state index in [4.69, 9.17) is 9.47 Å². The Hall–Kier alpha value is -1.36. The standard InChI is InChI=1S/C15H19BrO4/c1-3-19-14(17)8-7-11-5-6-12(9-13(11)10-16)15(18)20-4-2/h5-6,9H,3-4,7-8,10H2,1-2H3. The van der Waals surface area contributed by atoms with Crippen molar-refractivity contribution < 1.29 is 19.1 Å². The molecular weight excluding hydrogens is 324 g/mol. The zero-order valence-electron chi connectivity index (χ0n) is 11.8. The number of halogens is 1. The summed E-state index contributed by atoms with van der Waals surface area (Å²) in [6.45, 7) is 4.31. The van der Waals surface area contributed by atoms with Crippen LogP contribution in [0.15, 0.2) is 18.2 Å². The fourth-order valence-corrected chi connectivity index (χ4v) is 2.33. The number of esters is 2. The Morgan fingerprint density at radius 2 is 1.80 bits per heavy atom. The molecule has 0 atom stereocenters. The summed E-state index contributed by atoms with van der Waals surface area (Å²) in [7, 11) is 0. The Labute approximate surface area is 127 Å². The van der Waals surface area contributed by atoms with Crippen LogP contribution in [0, 0.1) is 0 Å². The molecule has 0 heterocycles. The van der Waals surface area contributed by atoms with Crippen LogP contribution >= 0.6 is 15.9 Å². The summed E-state index contributed by atoms with van der Waals surface area (Å²) in [6, 6.07) is 5.39. The lowest BCUT2D eigenvalue weighted by molar-refractivity contribution is -0.143. The predicted molar refractivity (Wildman–Crippen MR) is 80.0 cm³/mol. The highest BCUT2D eigenvalue weighted by Crippen LogP contribution is 2.18. The molecule has 0 amide bonds. The number of carbonyl (C=O) groups excluding carboxylic acids is 2. The number of benzene rings is 1. The van der Waals surface area contributed by atoms with Crippen molar-refractivity contribution >= 4 is 27.9 Å². The van der Waals surface area contributed by atoms with Crippen molar-refractivity contribution in [3.63, 3.8) is 0 Å². The second kappa shape index (κ2) is 8.74. The zero-order chi connectivity index (χ0) is 15.0. The maximum atomic E-state index is 11.7. The Kier molecular flexibility index (Phi) is 7.30. The Morgan fingerprint density at radius 3 is 2.40 bits per heavy atom. The summed E-state index contributed by atoms with van der Waals surface area (Å²) in [5, 5.41) is 0.623. The third-order valence-corrected chi connectivity index (χ3v) is 3.37. The molecule has 0 aromatic heterocycles. The lowest BCUT2D eigenvalue weighted by Gasteiger charge is -2.09. The van der Waals surface area contributed by atoms with Gasteiger partial charge in [0.1, 0.15) is 0 Å². The van der Waals surface area contributed by atoms with Gasteiger partial charge in [-0.15, -0.1) is 0 Å². The van der Waals surface area contributed by atoms with Crippen molar-refractivity contribution in [1.82, 2.24) is 0 Å². The van der Waals surface area contributed by atoms with Crippen LogP contribution in [0.25, 0.3) is 0 Å². The van der Waals surface area contributed by atoms with E-state index in [-0.39, 0.29) is 11.9 Å². The molecule has 0 saturated heterocycles. The van der Waals surface area contributed by atoms with Gasteiger partial charge in [-0.2, -0.15) is 0 Å². The number of hydrogen-bond donors (Lipinski definition) is 0. The van der Waals surface area contributed by atoms with Crippen LogP contribution in [0.4, 0.5) is 0 Å². The van der Waals surface area contributed by atoms with Crippen molar-refractivity contribution in [2.75, 3.05) is 13.2 Å². The normalized spacial score (nSPS) is 10.2. The molecular formula is C15H19BrO4. The Balaban J connectivity index is 2.77. The monoisotopic (exact) mass is 342 g/mol. The van der Waals surface area contributed by atoms with Crippen LogP contribution in [0.5, 0.6) is 0 Å². The average molecular weight is 343 g/mol. The molecule has 0 aliphatic rings. The summed E-state index contributed by atoms with van der Waals surface area (Å²) in [5.41, 5.74) is 2.55. The van der Waals surface area contributed by atoms with Gasteiger partial charge in [-0.1, -0.05) is 22.0 Å². The molecule has 110 valence electrons. The number of aryl methyl sites for hydroxylation is 1. The van der Waals surface area contributed by atoms with E-state index in [1.165, 1.54) is 0 Å². The molecule has 1 aromatic rings. The molecule has 0 radical (unpaired) electrons. The van der Waals surface area contributed by atoms with Crippen molar-refractivity contribution in [2.45, 2.75) is 32.0 Å². The van der Waals surface area contributed by atoms with Crippen LogP contribution in [0.2, 0.25) is 0 Å². The van der Waals surface area contributed by atoms with Gasteiger partial charge in [-0.3, -0.25) is 4.79 Å². The smallest absolute Gasteiger partial charge is 0.338 e. The fraction of sp³-hybridized carbons (Fsp3) is 0.467. The summed E-state index contributed by atoms with van der Waals surface area (Å²) in [6.07, 6.45) is 0.940. The minimum Gasteiger partial charge on any atom is -0.466 e. The Morgan fingerprint density at radius 1 is 1.10 bits per heavy atom. The first-order chi connectivity index (χ1) is 9.62. The first kappa shape index (κ1) is 16.7. The van der Waals surface area contributed by atoms with Gasteiger partial charge >= 0.3 is 11.9 Å². The van der Waals surface area contributed by atoms with Gasteiger partial charge in [-0.05, 0) is 43.5 Å². The van der Waals surface area contributed by atoms with Crippen LogP contribution in [-0.4, -0.2) is 25.2 Å². The van der Waals surface area contributed by atoms with Gasteiger partial charge in [0, 0.05) is 11.8 Å². The topological polar surface area (TPSA) is 52.6 Å². The number of hydrogen-bond acceptors (Lipinski definition) is 4. The molecule has 5 heteroatoms. The highest BCUT2D eigenvalue weighted by molar-refractivity contribution is 9.08. The van der Waals surface area contributed by atoms with Gasteiger partial charge in [0.2, 0.25) is 0 Å². The minimum atomic E-state index is -0.327. The van der Waals surface area contributed by atoms with Crippen LogP contribution in [-0.2, 0) is 26.0 Å². The predicted octanol–water partition coefficient (Wildman–Crippen LogP) is 3.25. The average Bonchev–Trinajstić information content (AvgIpc) is 2.45. The van der Waals surface area contributed by atoms with E-state index in [1.54, 1.807) is 26.0 Å². The number of alkyl halides is 1. The van der Waals surface area contributed by atoms with E-state index in [0.717, 1.165) is 11.1 Å². The van der Waals surface area contributed by atoms with Gasteiger partial charge in [0.05, 0.1) is 18.8 Å². The lowest BCUT2D eigenvalue weighted by atomic mass is 10.0. The largest absolute Gasteiger partial charge is 0.466 e. The molecule has 0 bridgehead atoms. The molecule has 0 fully saturated rings. The first-order valence-electron chi connectivity index (χ1n) is 6.62. The van der Waals surface area contributed by atoms with E-state index in [1.807, 2.05) is 6.07 Å². The molecule has 20 heavy (non-hydrogen) atoms. The van der Waals surface area contributed by atoms with E-state index in [0.29, 0.717) is 36.9 Å². The summed E-state index contributed by atoms with van der Waals surface area (Å²) >= 11 is 3.40. The van der Waals surface area contributed by atoms with Gasteiger partial charge in [0.15, 0.2) is 0 Å². The fourth-order valence-electron chi connectivity index (χ4n) is 1.81. The molecule has 0 N–H and O–H groups in total. The molecule has 0 saturated carbocycles. The molecule has 0 spiro atoms. The van der Waals surface area contributed by atoms with E-state index >= 15 is 0 Å². The number of carbonyl (C=O) groups is 2.